The van der Waals surface area contributed by atoms with Gasteiger partial charge in [-0.1, -0.05) is 41.1 Å². The van der Waals surface area contributed by atoms with Crippen LogP contribution in [0, 0.1) is 0 Å². The number of carbonyl (C=O) groups excluding carboxylic acids is 2. The number of benzene rings is 1. The molecule has 0 saturated heterocycles. The highest BCUT2D eigenvalue weighted by molar-refractivity contribution is 7.21. The number of hydrogen-bond acceptors (Lipinski definition) is 5. The molecule has 0 unspecified atom stereocenters. The number of amides is 2. The summed E-state index contributed by atoms with van der Waals surface area (Å²) in [6.07, 6.45) is 0. The molecule has 8 heteroatoms. The van der Waals surface area contributed by atoms with Crippen molar-refractivity contribution >= 4 is 56.2 Å². The first-order valence-corrected chi connectivity index (χ1v) is 9.00. The van der Waals surface area contributed by atoms with Crippen LogP contribution in [0.2, 0.25) is 5.02 Å². The van der Waals surface area contributed by atoms with Crippen molar-refractivity contribution in [1.82, 2.24) is 4.98 Å². The van der Waals surface area contributed by atoms with E-state index < -0.39 is 0 Å². The molecular formula is C16H12ClN3O2S2. The van der Waals surface area contributed by atoms with Gasteiger partial charge in [-0.2, -0.15) is 0 Å². The summed E-state index contributed by atoms with van der Waals surface area (Å²) < 4.78 is 0. The van der Waals surface area contributed by atoms with Gasteiger partial charge in [0.1, 0.15) is 10.7 Å². The van der Waals surface area contributed by atoms with Crippen LogP contribution in [-0.2, 0) is 4.79 Å². The highest BCUT2D eigenvalue weighted by atomic mass is 35.5. The minimum atomic E-state index is -0.346. The Kier molecular flexibility index (Phi) is 4.94. The third-order valence-corrected chi connectivity index (χ3v) is 5.10. The second kappa shape index (κ2) is 7.12. The molecule has 2 N–H and O–H groups in total. The van der Waals surface area contributed by atoms with E-state index in [9.17, 15) is 9.59 Å². The molecule has 0 spiro atoms. The molecule has 122 valence electrons. The predicted molar refractivity (Wildman–Crippen MR) is 99.1 cm³/mol. The second-order valence-electron chi connectivity index (χ2n) is 4.79. The van der Waals surface area contributed by atoms with Crippen LogP contribution in [0.3, 0.4) is 0 Å². The zero-order valence-electron chi connectivity index (χ0n) is 12.5. The van der Waals surface area contributed by atoms with E-state index in [1.807, 2.05) is 17.5 Å². The molecule has 0 aliphatic rings. The van der Waals surface area contributed by atoms with Crippen molar-refractivity contribution in [3.63, 3.8) is 0 Å². The fraction of sp³-hybridized carbons (Fsp3) is 0.0625. The molecule has 0 radical (unpaired) electrons. The van der Waals surface area contributed by atoms with Gasteiger partial charge in [0.15, 0.2) is 5.13 Å². The van der Waals surface area contributed by atoms with E-state index in [2.05, 4.69) is 15.6 Å². The molecule has 0 bridgehead atoms. The molecule has 0 aliphatic heterocycles. The largest absolute Gasteiger partial charge is 0.316 e. The second-order valence-corrected chi connectivity index (χ2v) is 7.14. The number of anilines is 2. The fourth-order valence-corrected chi connectivity index (χ4v) is 3.94. The Hall–Kier alpha value is -2.22. The Morgan fingerprint density at radius 1 is 1.12 bits per heavy atom. The number of halogens is 1. The summed E-state index contributed by atoms with van der Waals surface area (Å²) in [6, 6.07) is 10.6. The highest BCUT2D eigenvalue weighted by Gasteiger charge is 2.18. The minimum Gasteiger partial charge on any atom is -0.316 e. The summed E-state index contributed by atoms with van der Waals surface area (Å²) in [5.41, 5.74) is 1.01. The summed E-state index contributed by atoms with van der Waals surface area (Å²) in [5, 5.41) is 8.77. The van der Waals surface area contributed by atoms with Crippen LogP contribution in [0.4, 0.5) is 10.1 Å². The van der Waals surface area contributed by atoms with Crippen LogP contribution in [0.15, 0.2) is 41.8 Å². The number of carbonyl (C=O) groups is 2. The third-order valence-electron chi connectivity index (χ3n) is 3.01. The normalized spacial score (nSPS) is 10.4. The van der Waals surface area contributed by atoms with Gasteiger partial charge in [0.05, 0.1) is 15.5 Å². The van der Waals surface area contributed by atoms with Crippen molar-refractivity contribution < 1.29 is 9.59 Å². The van der Waals surface area contributed by atoms with Gasteiger partial charge >= 0.3 is 0 Å². The van der Waals surface area contributed by atoms with Gasteiger partial charge in [0, 0.05) is 6.92 Å². The lowest BCUT2D eigenvalue weighted by Crippen LogP contribution is -2.12. The molecule has 0 saturated carbocycles. The fourth-order valence-electron chi connectivity index (χ4n) is 2.01. The molecule has 2 aromatic heterocycles. The Balaban J connectivity index is 1.90. The van der Waals surface area contributed by atoms with E-state index in [0.29, 0.717) is 26.4 Å². The highest BCUT2D eigenvalue weighted by Crippen LogP contribution is 2.38. The molecule has 0 fully saturated rings. The van der Waals surface area contributed by atoms with Gasteiger partial charge in [-0.15, -0.1) is 11.3 Å². The van der Waals surface area contributed by atoms with Crippen molar-refractivity contribution in [3.05, 3.63) is 52.4 Å². The van der Waals surface area contributed by atoms with Gasteiger partial charge in [0.25, 0.3) is 5.91 Å². The Morgan fingerprint density at radius 3 is 2.58 bits per heavy atom. The van der Waals surface area contributed by atoms with Crippen LogP contribution in [0.1, 0.15) is 17.3 Å². The first-order chi connectivity index (χ1) is 11.5. The number of nitrogens with zero attached hydrogens (tertiary/aromatic N) is 1. The molecule has 2 heterocycles. The molecule has 24 heavy (non-hydrogen) atoms. The van der Waals surface area contributed by atoms with Crippen LogP contribution < -0.4 is 10.6 Å². The summed E-state index contributed by atoms with van der Waals surface area (Å²) in [5.74, 6) is -0.540. The van der Waals surface area contributed by atoms with Crippen molar-refractivity contribution in [2.75, 3.05) is 10.6 Å². The quantitative estimate of drug-likeness (QED) is 0.690. The Labute approximate surface area is 151 Å². The zero-order valence-corrected chi connectivity index (χ0v) is 14.9. The van der Waals surface area contributed by atoms with Gasteiger partial charge in [0.2, 0.25) is 5.91 Å². The van der Waals surface area contributed by atoms with Gasteiger partial charge in [-0.25, -0.2) is 4.98 Å². The summed E-state index contributed by atoms with van der Waals surface area (Å²) in [7, 11) is 0. The SMILES string of the molecule is CC(=O)Nc1sc(NC(=O)c2ccccc2Cl)nc1-c1cccs1. The summed E-state index contributed by atoms with van der Waals surface area (Å²) in [4.78, 5) is 29.1. The van der Waals surface area contributed by atoms with Gasteiger partial charge in [-0.3, -0.25) is 14.9 Å². The van der Waals surface area contributed by atoms with E-state index >= 15 is 0 Å². The van der Waals surface area contributed by atoms with Crippen molar-refractivity contribution in [2.24, 2.45) is 0 Å². The van der Waals surface area contributed by atoms with Crippen LogP contribution in [0.25, 0.3) is 10.6 Å². The number of aromatic nitrogens is 1. The third kappa shape index (κ3) is 3.64. The van der Waals surface area contributed by atoms with E-state index in [0.717, 1.165) is 4.88 Å². The molecule has 0 aliphatic carbocycles. The maximum Gasteiger partial charge on any atom is 0.258 e. The van der Waals surface area contributed by atoms with Crippen molar-refractivity contribution in [3.8, 4) is 10.6 Å². The van der Waals surface area contributed by atoms with E-state index in [-0.39, 0.29) is 11.8 Å². The van der Waals surface area contributed by atoms with E-state index in [4.69, 9.17) is 11.6 Å². The lowest BCUT2D eigenvalue weighted by Gasteiger charge is -2.03. The lowest BCUT2D eigenvalue weighted by atomic mass is 10.2. The number of hydrogen-bond donors (Lipinski definition) is 2. The molecule has 5 nitrogen and oxygen atoms in total. The smallest absolute Gasteiger partial charge is 0.258 e. The van der Waals surface area contributed by atoms with Crippen molar-refractivity contribution in [2.45, 2.75) is 6.92 Å². The first-order valence-electron chi connectivity index (χ1n) is 6.93. The zero-order chi connectivity index (χ0) is 17.1. The van der Waals surface area contributed by atoms with E-state index in [1.54, 1.807) is 24.3 Å². The van der Waals surface area contributed by atoms with Gasteiger partial charge in [-0.05, 0) is 23.6 Å². The monoisotopic (exact) mass is 377 g/mol. The van der Waals surface area contributed by atoms with E-state index in [1.165, 1.54) is 29.6 Å². The molecule has 0 atom stereocenters. The first kappa shape index (κ1) is 16.6. The maximum absolute atomic E-state index is 12.4. The van der Waals surface area contributed by atoms with Gasteiger partial charge < -0.3 is 5.32 Å². The summed E-state index contributed by atoms with van der Waals surface area (Å²) >= 11 is 8.75. The standard InChI is InChI=1S/C16H12ClN3O2S2/c1-9(21)18-15-13(12-7-4-8-23-12)19-16(24-15)20-14(22)10-5-2-3-6-11(10)17/h2-8H,1H3,(H,18,21)(H,19,20,22). The number of thiophene rings is 1. The summed E-state index contributed by atoms with van der Waals surface area (Å²) in [6.45, 7) is 1.43. The Bertz CT molecular complexity index is 891. The number of rotatable bonds is 4. The Morgan fingerprint density at radius 2 is 1.92 bits per heavy atom. The number of nitrogens with one attached hydrogen (secondary N) is 2. The van der Waals surface area contributed by atoms with Crippen molar-refractivity contribution in [1.29, 1.82) is 0 Å². The molecule has 2 amide bonds. The average Bonchev–Trinajstić information content (AvgIpc) is 3.16. The van der Waals surface area contributed by atoms with Crippen LogP contribution >= 0.6 is 34.3 Å². The number of thiazole rings is 1. The lowest BCUT2D eigenvalue weighted by molar-refractivity contribution is -0.114. The molecular weight excluding hydrogens is 366 g/mol. The molecule has 3 rings (SSSR count). The predicted octanol–water partition coefficient (Wildman–Crippen LogP) is 4.74. The molecule has 1 aromatic carbocycles. The molecule has 3 aromatic rings. The average molecular weight is 378 g/mol. The topological polar surface area (TPSA) is 71.1 Å². The van der Waals surface area contributed by atoms with Crippen LogP contribution in [0.5, 0.6) is 0 Å². The minimum absolute atomic E-state index is 0.194. The van der Waals surface area contributed by atoms with Crippen LogP contribution in [-0.4, -0.2) is 16.8 Å². The maximum atomic E-state index is 12.4.